The molecule has 0 spiro atoms. The predicted molar refractivity (Wildman–Crippen MR) is 109 cm³/mol. The van der Waals surface area contributed by atoms with Gasteiger partial charge in [0.2, 0.25) is 11.8 Å². The Bertz CT molecular complexity index is 1150. The molecule has 3 aromatic rings. The molecule has 0 bridgehead atoms. The Morgan fingerprint density at radius 3 is 2.48 bits per heavy atom. The molecule has 0 radical (unpaired) electrons. The topological polar surface area (TPSA) is 93.6 Å². The van der Waals surface area contributed by atoms with Crippen molar-refractivity contribution >= 4 is 28.5 Å². The number of rotatable bonds is 5. The number of aromatic nitrogens is 2. The number of carbonyl (C=O) groups is 1. The first-order valence-electron chi connectivity index (χ1n) is 10.6. The number of halogens is 4. The largest absolute Gasteiger partial charge is 0.522 e. The second-order valence-electron chi connectivity index (χ2n) is 8.33. The van der Waals surface area contributed by atoms with E-state index in [2.05, 4.69) is 20.4 Å². The Hall–Kier alpha value is -2.63. The molecule has 0 atom stereocenters. The molecule has 12 heteroatoms. The molecule has 3 heterocycles. The van der Waals surface area contributed by atoms with Gasteiger partial charge in [0.1, 0.15) is 5.58 Å². The predicted octanol–water partition coefficient (Wildman–Crippen LogP) is 4.78. The minimum absolute atomic E-state index is 0.0232. The maximum Gasteiger partial charge on any atom is 0.522 e. The van der Waals surface area contributed by atoms with Gasteiger partial charge in [-0.1, -0.05) is 11.6 Å². The van der Waals surface area contributed by atoms with Crippen LogP contribution >= 0.6 is 11.6 Å². The van der Waals surface area contributed by atoms with Gasteiger partial charge in [-0.3, -0.25) is 15.0 Å². The SMILES string of the molecule is O=C(NN1CCC(c2nnc([C@H]3C[C@@H](OC(F)(F)F)C3)o2)CC1)c1cc2cc(Cl)ccc2o1. The van der Waals surface area contributed by atoms with Crippen LogP contribution in [0.5, 0.6) is 0 Å². The Morgan fingerprint density at radius 1 is 1.09 bits per heavy atom. The standard InChI is InChI=1S/C21H20ClF3N4O4/c22-14-1-2-16-12(7-14)10-17(31-16)18(30)28-29-5-3-11(4-6-29)19-26-27-20(32-19)13-8-15(9-13)33-21(23,24)25/h1-2,7,10-11,13,15H,3-6,8-9H2,(H,28,30)/t13-,15+. The molecule has 1 aliphatic carbocycles. The molecule has 1 N–H and O–H groups in total. The highest BCUT2D eigenvalue weighted by atomic mass is 35.5. The number of piperidine rings is 1. The van der Waals surface area contributed by atoms with E-state index >= 15 is 0 Å². The molecule has 1 aliphatic heterocycles. The van der Waals surface area contributed by atoms with Gasteiger partial charge in [-0.05, 0) is 49.9 Å². The van der Waals surface area contributed by atoms with E-state index in [1.165, 1.54) is 0 Å². The molecular formula is C21H20ClF3N4O4. The average molecular weight is 485 g/mol. The third-order valence-electron chi connectivity index (χ3n) is 6.01. The second-order valence-corrected chi connectivity index (χ2v) is 8.76. The smallest absolute Gasteiger partial charge is 0.451 e. The van der Waals surface area contributed by atoms with Crippen molar-refractivity contribution in [2.45, 2.75) is 50.0 Å². The number of hydrogen-bond acceptors (Lipinski definition) is 7. The van der Waals surface area contributed by atoms with Crippen molar-refractivity contribution in [1.82, 2.24) is 20.6 Å². The lowest BCUT2D eigenvalue weighted by molar-refractivity contribution is -0.352. The molecule has 1 saturated carbocycles. The first-order chi connectivity index (χ1) is 15.7. The normalized spacial score (nSPS) is 22.4. The van der Waals surface area contributed by atoms with E-state index < -0.39 is 12.5 Å². The van der Waals surface area contributed by atoms with Gasteiger partial charge in [-0.2, -0.15) is 0 Å². The van der Waals surface area contributed by atoms with E-state index in [1.54, 1.807) is 29.3 Å². The van der Waals surface area contributed by atoms with Crippen LogP contribution in [-0.4, -0.2) is 46.7 Å². The molecule has 2 aliphatic rings. The number of amides is 1. The van der Waals surface area contributed by atoms with Gasteiger partial charge in [0.05, 0.1) is 6.10 Å². The summed E-state index contributed by atoms with van der Waals surface area (Å²) in [6.45, 7) is 1.15. The summed E-state index contributed by atoms with van der Waals surface area (Å²) in [6, 6.07) is 6.79. The van der Waals surface area contributed by atoms with Gasteiger partial charge < -0.3 is 8.83 Å². The van der Waals surface area contributed by atoms with E-state index in [4.69, 9.17) is 20.4 Å². The lowest BCUT2D eigenvalue weighted by atomic mass is 9.82. The van der Waals surface area contributed by atoms with Crippen LogP contribution in [0.2, 0.25) is 5.02 Å². The summed E-state index contributed by atoms with van der Waals surface area (Å²) < 4.78 is 52.1. The number of benzene rings is 1. The molecule has 33 heavy (non-hydrogen) atoms. The van der Waals surface area contributed by atoms with E-state index in [0.717, 1.165) is 5.39 Å². The molecular weight excluding hydrogens is 465 g/mol. The van der Waals surface area contributed by atoms with E-state index in [-0.39, 0.29) is 36.3 Å². The molecule has 8 nitrogen and oxygen atoms in total. The quantitative estimate of drug-likeness (QED) is 0.557. The maximum absolute atomic E-state index is 12.5. The summed E-state index contributed by atoms with van der Waals surface area (Å²) in [4.78, 5) is 12.5. The number of ether oxygens (including phenoxy) is 1. The van der Waals surface area contributed by atoms with Gasteiger partial charge in [-0.25, -0.2) is 5.01 Å². The van der Waals surface area contributed by atoms with Gasteiger partial charge >= 0.3 is 12.3 Å². The second kappa shape index (κ2) is 8.62. The fourth-order valence-corrected chi connectivity index (χ4v) is 4.37. The van der Waals surface area contributed by atoms with Crippen LogP contribution < -0.4 is 5.43 Å². The third-order valence-corrected chi connectivity index (χ3v) is 6.24. The first-order valence-corrected chi connectivity index (χ1v) is 10.9. The minimum atomic E-state index is -4.63. The van der Waals surface area contributed by atoms with Crippen molar-refractivity contribution in [2.24, 2.45) is 0 Å². The minimum Gasteiger partial charge on any atom is -0.451 e. The number of furan rings is 1. The van der Waals surface area contributed by atoms with Crippen molar-refractivity contribution in [3.05, 3.63) is 46.8 Å². The zero-order valence-corrected chi connectivity index (χ0v) is 18.0. The highest BCUT2D eigenvalue weighted by Crippen LogP contribution is 2.41. The number of hydrogen-bond donors (Lipinski definition) is 1. The third kappa shape index (κ3) is 4.99. The highest BCUT2D eigenvalue weighted by molar-refractivity contribution is 6.31. The summed E-state index contributed by atoms with van der Waals surface area (Å²) in [5, 5.41) is 11.2. The molecule has 1 saturated heterocycles. The summed E-state index contributed by atoms with van der Waals surface area (Å²) in [5.41, 5.74) is 3.42. The van der Waals surface area contributed by atoms with Crippen LogP contribution in [0.4, 0.5) is 13.2 Å². The van der Waals surface area contributed by atoms with Crippen molar-refractivity contribution in [3.63, 3.8) is 0 Å². The maximum atomic E-state index is 12.5. The van der Waals surface area contributed by atoms with Gasteiger partial charge in [-0.15, -0.1) is 23.4 Å². The van der Waals surface area contributed by atoms with Crippen molar-refractivity contribution < 1.29 is 31.5 Å². The Kier molecular flexibility index (Phi) is 5.79. The molecule has 0 unspecified atom stereocenters. The molecule has 1 aromatic carbocycles. The summed E-state index contributed by atoms with van der Waals surface area (Å²) in [5.74, 6) is 0.496. The average Bonchev–Trinajstić information content (AvgIpc) is 3.37. The fraction of sp³-hybridized carbons (Fsp3) is 0.476. The molecule has 176 valence electrons. The summed E-state index contributed by atoms with van der Waals surface area (Å²) in [6.07, 6.45) is -3.71. The Morgan fingerprint density at radius 2 is 1.79 bits per heavy atom. The zero-order chi connectivity index (χ0) is 23.2. The summed E-state index contributed by atoms with van der Waals surface area (Å²) >= 11 is 5.97. The Balaban J connectivity index is 1.11. The van der Waals surface area contributed by atoms with Crippen LogP contribution in [0.15, 0.2) is 33.1 Å². The van der Waals surface area contributed by atoms with Crippen molar-refractivity contribution in [2.75, 3.05) is 13.1 Å². The molecule has 2 fully saturated rings. The fourth-order valence-electron chi connectivity index (χ4n) is 4.19. The summed E-state index contributed by atoms with van der Waals surface area (Å²) in [7, 11) is 0. The zero-order valence-electron chi connectivity index (χ0n) is 17.3. The molecule has 5 rings (SSSR count). The van der Waals surface area contributed by atoms with Crippen LogP contribution in [0, 0.1) is 0 Å². The van der Waals surface area contributed by atoms with Crippen molar-refractivity contribution in [1.29, 1.82) is 0 Å². The lowest BCUT2D eigenvalue weighted by Crippen LogP contribution is -2.46. The number of fused-ring (bicyclic) bond motifs is 1. The van der Waals surface area contributed by atoms with Crippen molar-refractivity contribution in [3.8, 4) is 0 Å². The highest BCUT2D eigenvalue weighted by Gasteiger charge is 2.42. The van der Waals surface area contributed by atoms with Crippen LogP contribution in [0.3, 0.4) is 0 Å². The Labute approximate surface area is 191 Å². The monoisotopic (exact) mass is 484 g/mol. The number of nitrogens with zero attached hydrogens (tertiary/aromatic N) is 3. The van der Waals surface area contributed by atoms with Gasteiger partial charge in [0.15, 0.2) is 5.76 Å². The van der Waals surface area contributed by atoms with E-state index in [0.29, 0.717) is 48.3 Å². The number of carbonyl (C=O) groups excluding carboxylic acids is 1. The van der Waals surface area contributed by atoms with Crippen LogP contribution in [0.1, 0.15) is 59.9 Å². The number of alkyl halides is 3. The number of hydrazine groups is 1. The lowest BCUT2D eigenvalue weighted by Gasteiger charge is -2.33. The van der Waals surface area contributed by atoms with E-state index in [1.807, 2.05) is 0 Å². The van der Waals surface area contributed by atoms with Crippen LogP contribution in [-0.2, 0) is 4.74 Å². The molecule has 2 aromatic heterocycles. The number of nitrogens with one attached hydrogen (secondary N) is 1. The van der Waals surface area contributed by atoms with Gasteiger partial charge in [0.25, 0.3) is 0 Å². The van der Waals surface area contributed by atoms with Crippen LogP contribution in [0.25, 0.3) is 11.0 Å². The molecule has 1 amide bonds. The van der Waals surface area contributed by atoms with E-state index in [9.17, 15) is 18.0 Å². The van der Waals surface area contributed by atoms with Gasteiger partial charge in [0, 0.05) is 35.3 Å². The first kappa shape index (κ1) is 22.2.